The molecule has 14 heavy (non-hydrogen) atoms. The number of hydrogen-bond acceptors (Lipinski definition) is 5. The van der Waals surface area contributed by atoms with Gasteiger partial charge in [0, 0.05) is 0 Å². The fourth-order valence-corrected chi connectivity index (χ4v) is 2.12. The average molecular weight is 208 g/mol. The molecule has 1 aromatic carbocycles. The van der Waals surface area contributed by atoms with Gasteiger partial charge in [-0.05, 0) is 24.6 Å². The van der Waals surface area contributed by atoms with Crippen LogP contribution in [0.15, 0.2) is 17.6 Å². The van der Waals surface area contributed by atoms with Gasteiger partial charge in [-0.3, -0.25) is 0 Å². The van der Waals surface area contributed by atoms with E-state index in [2.05, 4.69) is 9.82 Å². The monoisotopic (exact) mass is 208 g/mol. The summed E-state index contributed by atoms with van der Waals surface area (Å²) in [5.74, 6) is 4.29. The topological polar surface area (TPSA) is 65.2 Å². The lowest BCUT2D eigenvalue weighted by Crippen LogP contribution is -2.10. The normalized spacial score (nSPS) is 10.4. The Morgan fingerprint density at radius 2 is 2.36 bits per heavy atom. The van der Waals surface area contributed by atoms with Crippen molar-refractivity contribution in [2.45, 2.75) is 6.92 Å². The summed E-state index contributed by atoms with van der Waals surface area (Å²) >= 11 is 1.48. The molecule has 2 N–H and O–H groups in total. The third-order valence-corrected chi connectivity index (χ3v) is 2.75. The molecule has 0 aliphatic heterocycles. The molecule has 0 unspecified atom stereocenters. The first-order valence-corrected chi connectivity index (χ1v) is 4.85. The van der Waals surface area contributed by atoms with E-state index in [1.165, 1.54) is 11.3 Å². The fourth-order valence-electron chi connectivity index (χ4n) is 1.32. The van der Waals surface area contributed by atoms with Crippen molar-refractivity contribution in [3.05, 3.63) is 28.8 Å². The minimum atomic E-state index is -0.525. The molecule has 0 amide bonds. The molecule has 0 aliphatic carbocycles. The maximum absolute atomic E-state index is 11.2. The minimum absolute atomic E-state index is 0.460. The number of carbonyl (C=O) groups excluding carboxylic acids is 1. The Labute approximate surface area is 84.3 Å². The highest BCUT2D eigenvalue weighted by atomic mass is 32.1. The van der Waals surface area contributed by atoms with Gasteiger partial charge in [0.1, 0.15) is 0 Å². The summed E-state index contributed by atoms with van der Waals surface area (Å²) in [5.41, 5.74) is 4.07. The molecule has 0 atom stereocenters. The Morgan fingerprint density at radius 3 is 3.07 bits per heavy atom. The van der Waals surface area contributed by atoms with Crippen LogP contribution in [0.2, 0.25) is 0 Å². The highest BCUT2D eigenvalue weighted by molar-refractivity contribution is 7.16. The molecule has 0 bridgehead atoms. The van der Waals surface area contributed by atoms with Gasteiger partial charge in [-0.25, -0.2) is 9.78 Å². The number of carbonyl (C=O) groups is 1. The standard InChI is InChI=1S/C9H8N2O2S/c1-5-2-6(9(12)13-10)3-7-8(5)11-4-14-7/h2-4H,10H2,1H3. The largest absolute Gasteiger partial charge is 0.370 e. The van der Waals surface area contributed by atoms with Gasteiger partial charge < -0.3 is 4.84 Å². The second-order valence-electron chi connectivity index (χ2n) is 2.90. The molecule has 0 fully saturated rings. The quantitative estimate of drug-likeness (QED) is 0.723. The molecule has 2 aromatic rings. The molecular formula is C9H8N2O2S. The average Bonchev–Trinajstić information content (AvgIpc) is 2.64. The third-order valence-electron chi connectivity index (χ3n) is 1.97. The number of fused-ring (bicyclic) bond motifs is 1. The number of benzene rings is 1. The van der Waals surface area contributed by atoms with E-state index in [1.54, 1.807) is 17.6 Å². The highest BCUT2D eigenvalue weighted by Crippen LogP contribution is 2.23. The SMILES string of the molecule is Cc1cc(C(=O)ON)cc2scnc12. The van der Waals surface area contributed by atoms with Crippen LogP contribution in [0.3, 0.4) is 0 Å². The Bertz CT molecular complexity index is 493. The number of aryl methyl sites for hydroxylation is 1. The summed E-state index contributed by atoms with van der Waals surface area (Å²) in [5, 5.41) is 0. The van der Waals surface area contributed by atoms with Crippen molar-refractivity contribution >= 4 is 27.5 Å². The van der Waals surface area contributed by atoms with E-state index in [0.717, 1.165) is 15.8 Å². The van der Waals surface area contributed by atoms with Gasteiger partial charge in [0.25, 0.3) is 0 Å². The van der Waals surface area contributed by atoms with Crippen LogP contribution in [0.5, 0.6) is 0 Å². The van der Waals surface area contributed by atoms with Crippen molar-refractivity contribution < 1.29 is 9.63 Å². The van der Waals surface area contributed by atoms with E-state index in [9.17, 15) is 4.79 Å². The van der Waals surface area contributed by atoms with E-state index < -0.39 is 5.97 Å². The van der Waals surface area contributed by atoms with Crippen molar-refractivity contribution in [1.82, 2.24) is 4.98 Å². The molecule has 0 aliphatic rings. The molecular weight excluding hydrogens is 200 g/mol. The van der Waals surface area contributed by atoms with Crippen LogP contribution in [0.25, 0.3) is 10.2 Å². The second kappa shape index (κ2) is 3.36. The summed E-state index contributed by atoms with van der Waals surface area (Å²) in [6.45, 7) is 1.90. The van der Waals surface area contributed by atoms with Crippen molar-refractivity contribution in [3.8, 4) is 0 Å². The van der Waals surface area contributed by atoms with E-state index in [1.807, 2.05) is 6.92 Å². The zero-order chi connectivity index (χ0) is 10.1. The number of nitrogens with two attached hydrogens (primary N) is 1. The summed E-state index contributed by atoms with van der Waals surface area (Å²) in [4.78, 5) is 19.5. The van der Waals surface area contributed by atoms with Crippen LogP contribution < -0.4 is 5.90 Å². The van der Waals surface area contributed by atoms with Gasteiger partial charge in [0.2, 0.25) is 0 Å². The van der Waals surface area contributed by atoms with Gasteiger partial charge in [0.15, 0.2) is 0 Å². The number of hydrogen-bond donors (Lipinski definition) is 1. The fraction of sp³-hybridized carbons (Fsp3) is 0.111. The minimum Gasteiger partial charge on any atom is -0.370 e. The lowest BCUT2D eigenvalue weighted by Gasteiger charge is -2.00. The third kappa shape index (κ3) is 1.36. The molecule has 1 aromatic heterocycles. The predicted molar refractivity (Wildman–Crippen MR) is 54.0 cm³/mol. The van der Waals surface area contributed by atoms with E-state index in [4.69, 9.17) is 5.90 Å². The number of aromatic nitrogens is 1. The smallest absolute Gasteiger partial charge is 0.356 e. The summed E-state index contributed by atoms with van der Waals surface area (Å²) in [7, 11) is 0. The number of nitrogens with zero attached hydrogens (tertiary/aromatic N) is 1. The second-order valence-corrected chi connectivity index (χ2v) is 3.78. The van der Waals surface area contributed by atoms with E-state index in [-0.39, 0.29) is 0 Å². The Balaban J connectivity index is 2.64. The van der Waals surface area contributed by atoms with Crippen molar-refractivity contribution in [2.24, 2.45) is 5.90 Å². The van der Waals surface area contributed by atoms with Crippen LogP contribution in [0.4, 0.5) is 0 Å². The first-order chi connectivity index (χ1) is 6.72. The lowest BCUT2D eigenvalue weighted by atomic mass is 10.1. The highest BCUT2D eigenvalue weighted by Gasteiger charge is 2.10. The van der Waals surface area contributed by atoms with Gasteiger partial charge in [-0.1, -0.05) is 0 Å². The summed E-state index contributed by atoms with van der Waals surface area (Å²) in [6.07, 6.45) is 0. The maximum atomic E-state index is 11.2. The molecule has 1 heterocycles. The molecule has 0 saturated carbocycles. The molecule has 4 nitrogen and oxygen atoms in total. The zero-order valence-corrected chi connectivity index (χ0v) is 8.30. The van der Waals surface area contributed by atoms with Gasteiger partial charge in [-0.2, -0.15) is 5.90 Å². The van der Waals surface area contributed by atoms with Crippen molar-refractivity contribution in [3.63, 3.8) is 0 Å². The molecule has 0 spiro atoms. The lowest BCUT2D eigenvalue weighted by molar-refractivity contribution is 0.0503. The Kier molecular flexibility index (Phi) is 2.18. The van der Waals surface area contributed by atoms with Gasteiger partial charge in [-0.15, -0.1) is 11.3 Å². The molecule has 0 saturated heterocycles. The van der Waals surface area contributed by atoms with Crippen LogP contribution in [0.1, 0.15) is 15.9 Å². The Morgan fingerprint density at radius 1 is 1.57 bits per heavy atom. The van der Waals surface area contributed by atoms with Gasteiger partial charge in [0.05, 0.1) is 21.3 Å². The molecule has 0 radical (unpaired) electrons. The number of thiazole rings is 1. The van der Waals surface area contributed by atoms with E-state index in [0.29, 0.717) is 5.56 Å². The summed E-state index contributed by atoms with van der Waals surface area (Å²) < 4.78 is 0.963. The first-order valence-electron chi connectivity index (χ1n) is 3.97. The van der Waals surface area contributed by atoms with Crippen LogP contribution in [-0.2, 0) is 4.84 Å². The van der Waals surface area contributed by atoms with Crippen molar-refractivity contribution in [2.75, 3.05) is 0 Å². The van der Waals surface area contributed by atoms with Crippen LogP contribution in [0, 0.1) is 6.92 Å². The maximum Gasteiger partial charge on any atom is 0.356 e. The molecule has 5 heteroatoms. The van der Waals surface area contributed by atoms with Crippen LogP contribution >= 0.6 is 11.3 Å². The summed E-state index contributed by atoms with van der Waals surface area (Å²) in [6, 6.07) is 3.45. The molecule has 2 rings (SSSR count). The predicted octanol–water partition coefficient (Wildman–Crippen LogP) is 1.64. The molecule has 72 valence electrons. The van der Waals surface area contributed by atoms with Gasteiger partial charge >= 0.3 is 5.97 Å². The van der Waals surface area contributed by atoms with E-state index >= 15 is 0 Å². The van der Waals surface area contributed by atoms with Crippen LogP contribution in [-0.4, -0.2) is 11.0 Å². The van der Waals surface area contributed by atoms with Crippen molar-refractivity contribution in [1.29, 1.82) is 0 Å². The first kappa shape index (κ1) is 9.11. The number of rotatable bonds is 1. The zero-order valence-electron chi connectivity index (χ0n) is 7.48. The Hall–Kier alpha value is -1.46.